The van der Waals surface area contributed by atoms with Crippen LogP contribution in [0.15, 0.2) is 24.3 Å². The number of hydrogen-bond acceptors (Lipinski definition) is 3. The number of unbranched alkanes of at least 4 members (excludes halogenated alkanes) is 1. The second-order valence-corrected chi connectivity index (χ2v) is 4.60. The molecule has 0 aromatic heterocycles. The van der Waals surface area contributed by atoms with E-state index < -0.39 is 5.97 Å². The summed E-state index contributed by atoms with van der Waals surface area (Å²) in [6.45, 7) is 2.43. The van der Waals surface area contributed by atoms with Crippen LogP contribution in [0.4, 0.5) is 0 Å². The maximum Gasteiger partial charge on any atom is 0.310 e. The first kappa shape index (κ1) is 15.5. The lowest BCUT2D eigenvalue weighted by atomic mass is 10.1. The van der Waals surface area contributed by atoms with Crippen LogP contribution in [0.25, 0.3) is 0 Å². The fourth-order valence-electron chi connectivity index (χ4n) is 1.42. The average molecular weight is 284 g/mol. The fourth-order valence-corrected chi connectivity index (χ4v) is 1.55. The van der Waals surface area contributed by atoms with Crippen molar-refractivity contribution in [2.75, 3.05) is 13.2 Å². The largest absolute Gasteiger partial charge is 0.455 e. The summed E-state index contributed by atoms with van der Waals surface area (Å²) in [5, 5.41) is 3.29. The molecule has 0 aliphatic carbocycles. The quantitative estimate of drug-likeness (QED) is 0.617. The van der Waals surface area contributed by atoms with E-state index in [9.17, 15) is 9.59 Å². The Hall–Kier alpha value is -1.55. The van der Waals surface area contributed by atoms with Gasteiger partial charge in [-0.05, 0) is 24.1 Å². The zero-order chi connectivity index (χ0) is 14.1. The summed E-state index contributed by atoms with van der Waals surface area (Å²) in [5.41, 5.74) is 0.806. The van der Waals surface area contributed by atoms with Gasteiger partial charge in [-0.1, -0.05) is 37.1 Å². The van der Waals surface area contributed by atoms with E-state index in [4.69, 9.17) is 16.3 Å². The molecule has 1 aromatic rings. The number of nitrogens with one attached hydrogen (secondary N) is 1. The van der Waals surface area contributed by atoms with E-state index in [1.54, 1.807) is 24.3 Å². The Morgan fingerprint density at radius 3 is 2.58 bits per heavy atom. The molecule has 0 aliphatic heterocycles. The smallest absolute Gasteiger partial charge is 0.310 e. The third kappa shape index (κ3) is 6.82. The van der Waals surface area contributed by atoms with Gasteiger partial charge in [-0.3, -0.25) is 9.59 Å². The molecule has 1 rings (SSSR count). The maximum atomic E-state index is 11.5. The van der Waals surface area contributed by atoms with Crippen molar-refractivity contribution >= 4 is 23.5 Å². The van der Waals surface area contributed by atoms with E-state index in [0.29, 0.717) is 11.6 Å². The minimum Gasteiger partial charge on any atom is -0.455 e. The molecule has 5 heteroatoms. The molecule has 0 radical (unpaired) electrons. The highest BCUT2D eigenvalue weighted by atomic mass is 35.5. The number of rotatable bonds is 7. The second kappa shape index (κ2) is 8.53. The molecule has 0 heterocycles. The first-order chi connectivity index (χ1) is 9.11. The van der Waals surface area contributed by atoms with Gasteiger partial charge < -0.3 is 10.1 Å². The van der Waals surface area contributed by atoms with Gasteiger partial charge in [0.2, 0.25) is 0 Å². The lowest BCUT2D eigenvalue weighted by Gasteiger charge is -2.06. The van der Waals surface area contributed by atoms with Gasteiger partial charge in [0.05, 0.1) is 6.42 Å². The molecule has 0 saturated heterocycles. The molecule has 0 atom stereocenters. The third-order valence-electron chi connectivity index (χ3n) is 2.48. The summed E-state index contributed by atoms with van der Waals surface area (Å²) in [4.78, 5) is 22.8. The van der Waals surface area contributed by atoms with Crippen LogP contribution in [-0.4, -0.2) is 25.0 Å². The zero-order valence-corrected chi connectivity index (χ0v) is 11.7. The van der Waals surface area contributed by atoms with Crippen LogP contribution >= 0.6 is 11.6 Å². The summed E-state index contributed by atoms with van der Waals surface area (Å²) >= 11 is 5.74. The van der Waals surface area contributed by atoms with Crippen molar-refractivity contribution in [3.63, 3.8) is 0 Å². The summed E-state index contributed by atoms with van der Waals surface area (Å²) in [7, 11) is 0. The van der Waals surface area contributed by atoms with Gasteiger partial charge in [0.25, 0.3) is 5.91 Å². The predicted octanol–water partition coefficient (Wildman–Crippen LogP) is 2.34. The van der Waals surface area contributed by atoms with E-state index in [0.717, 1.165) is 18.4 Å². The Morgan fingerprint density at radius 2 is 1.95 bits per heavy atom. The maximum absolute atomic E-state index is 11.5. The molecule has 4 nitrogen and oxygen atoms in total. The molecule has 104 valence electrons. The summed E-state index contributed by atoms with van der Waals surface area (Å²) in [6, 6.07) is 6.93. The molecule has 0 aliphatic rings. The number of amides is 1. The van der Waals surface area contributed by atoms with Gasteiger partial charge in [-0.25, -0.2) is 0 Å². The Kier molecular flexibility index (Phi) is 6.97. The van der Waals surface area contributed by atoms with Crippen molar-refractivity contribution in [1.29, 1.82) is 0 Å². The molecule has 1 aromatic carbocycles. The highest BCUT2D eigenvalue weighted by Crippen LogP contribution is 2.10. The van der Waals surface area contributed by atoms with Crippen molar-refractivity contribution in [3.8, 4) is 0 Å². The Balaban J connectivity index is 2.24. The van der Waals surface area contributed by atoms with Crippen LogP contribution in [-0.2, 0) is 20.7 Å². The Bertz CT molecular complexity index is 417. The van der Waals surface area contributed by atoms with Crippen LogP contribution < -0.4 is 5.32 Å². The second-order valence-electron chi connectivity index (χ2n) is 4.17. The van der Waals surface area contributed by atoms with Gasteiger partial charge in [0.15, 0.2) is 6.61 Å². The van der Waals surface area contributed by atoms with Gasteiger partial charge in [-0.2, -0.15) is 0 Å². The number of hydrogen-bond donors (Lipinski definition) is 1. The third-order valence-corrected chi connectivity index (χ3v) is 2.73. The molecule has 19 heavy (non-hydrogen) atoms. The van der Waals surface area contributed by atoms with Crippen molar-refractivity contribution < 1.29 is 14.3 Å². The normalized spacial score (nSPS) is 10.0. The van der Waals surface area contributed by atoms with Crippen molar-refractivity contribution in [2.24, 2.45) is 0 Å². The standard InChI is InChI=1S/C14H18ClNO3/c1-2-3-8-16-13(17)10-19-14(18)9-11-4-6-12(15)7-5-11/h4-7H,2-3,8-10H2,1H3,(H,16,17). The highest BCUT2D eigenvalue weighted by Gasteiger charge is 2.08. The van der Waals surface area contributed by atoms with Gasteiger partial charge in [0, 0.05) is 11.6 Å². The topological polar surface area (TPSA) is 55.4 Å². The summed E-state index contributed by atoms with van der Waals surface area (Å²) < 4.78 is 4.88. The number of esters is 1. The molecular weight excluding hydrogens is 266 g/mol. The van der Waals surface area contributed by atoms with Crippen LogP contribution in [0.1, 0.15) is 25.3 Å². The monoisotopic (exact) mass is 283 g/mol. The fraction of sp³-hybridized carbons (Fsp3) is 0.429. The van der Waals surface area contributed by atoms with E-state index in [1.807, 2.05) is 6.92 Å². The van der Waals surface area contributed by atoms with Crippen molar-refractivity contribution in [1.82, 2.24) is 5.32 Å². The number of benzene rings is 1. The SMILES string of the molecule is CCCCNC(=O)COC(=O)Cc1ccc(Cl)cc1. The van der Waals surface area contributed by atoms with Crippen LogP contribution in [0.2, 0.25) is 5.02 Å². The van der Waals surface area contributed by atoms with Gasteiger partial charge in [-0.15, -0.1) is 0 Å². The molecule has 0 spiro atoms. The number of halogens is 1. The number of carbonyl (C=O) groups excluding carboxylic acids is 2. The predicted molar refractivity (Wildman–Crippen MR) is 74.0 cm³/mol. The minimum absolute atomic E-state index is 0.138. The summed E-state index contributed by atoms with van der Waals surface area (Å²) in [5.74, 6) is -0.689. The van der Waals surface area contributed by atoms with Gasteiger partial charge in [0.1, 0.15) is 0 Å². The first-order valence-electron chi connectivity index (χ1n) is 6.28. The van der Waals surface area contributed by atoms with E-state index in [2.05, 4.69) is 5.32 Å². The number of ether oxygens (including phenoxy) is 1. The van der Waals surface area contributed by atoms with E-state index in [1.165, 1.54) is 0 Å². The first-order valence-corrected chi connectivity index (χ1v) is 6.66. The van der Waals surface area contributed by atoms with Crippen LogP contribution in [0.5, 0.6) is 0 Å². The lowest BCUT2D eigenvalue weighted by molar-refractivity contribution is -0.147. The van der Waals surface area contributed by atoms with E-state index >= 15 is 0 Å². The molecule has 0 bridgehead atoms. The minimum atomic E-state index is -0.423. The highest BCUT2D eigenvalue weighted by molar-refractivity contribution is 6.30. The Labute approximate surface area is 118 Å². The molecule has 1 N–H and O–H groups in total. The molecular formula is C14H18ClNO3. The lowest BCUT2D eigenvalue weighted by Crippen LogP contribution is -2.29. The average Bonchev–Trinajstić information content (AvgIpc) is 2.39. The Morgan fingerprint density at radius 1 is 1.26 bits per heavy atom. The van der Waals surface area contributed by atoms with E-state index in [-0.39, 0.29) is 18.9 Å². The molecule has 1 amide bonds. The van der Waals surface area contributed by atoms with Crippen LogP contribution in [0, 0.1) is 0 Å². The number of carbonyl (C=O) groups is 2. The molecule has 0 saturated carbocycles. The zero-order valence-electron chi connectivity index (χ0n) is 10.9. The molecule has 0 unspecified atom stereocenters. The van der Waals surface area contributed by atoms with Crippen molar-refractivity contribution in [3.05, 3.63) is 34.9 Å². The van der Waals surface area contributed by atoms with Crippen LogP contribution in [0.3, 0.4) is 0 Å². The van der Waals surface area contributed by atoms with Crippen molar-refractivity contribution in [2.45, 2.75) is 26.2 Å². The summed E-state index contributed by atoms with van der Waals surface area (Å²) in [6.07, 6.45) is 2.07. The molecule has 0 fully saturated rings. The van der Waals surface area contributed by atoms with Gasteiger partial charge >= 0.3 is 5.97 Å².